The molecule has 0 unspecified atom stereocenters. The Morgan fingerprint density at radius 1 is 1.12 bits per heavy atom. The molecule has 1 aliphatic rings. The highest BCUT2D eigenvalue weighted by molar-refractivity contribution is 6.11. The Labute approximate surface area is 182 Å². The molecular formula is C23H18FN5O3. The van der Waals surface area contributed by atoms with E-state index in [1.165, 1.54) is 18.2 Å². The number of nitrogens with zero attached hydrogens (tertiary/aromatic N) is 1. The number of pyridine rings is 1. The SMILES string of the molecule is Nc1cc(F)ccc1NC(=O)c1ccc(CNC(=O)/C=C2\NC(=O)c3cccnc32)cc1. The largest absolute Gasteiger partial charge is 0.397 e. The van der Waals surface area contributed by atoms with Gasteiger partial charge in [-0.2, -0.15) is 0 Å². The molecule has 2 heterocycles. The summed E-state index contributed by atoms with van der Waals surface area (Å²) in [5.41, 5.74) is 8.49. The smallest absolute Gasteiger partial charge is 0.257 e. The monoisotopic (exact) mass is 431 g/mol. The predicted octanol–water partition coefficient (Wildman–Crippen LogP) is 2.46. The van der Waals surface area contributed by atoms with Gasteiger partial charge in [-0.25, -0.2) is 4.39 Å². The van der Waals surface area contributed by atoms with Crippen molar-refractivity contribution in [2.24, 2.45) is 0 Å². The van der Waals surface area contributed by atoms with Crippen molar-refractivity contribution < 1.29 is 18.8 Å². The number of nitrogens with one attached hydrogen (secondary N) is 3. The zero-order valence-corrected chi connectivity index (χ0v) is 16.7. The van der Waals surface area contributed by atoms with Gasteiger partial charge in [-0.05, 0) is 48.0 Å². The Kier molecular flexibility index (Phi) is 5.63. The quantitative estimate of drug-likeness (QED) is 0.365. The first kappa shape index (κ1) is 20.7. The zero-order chi connectivity index (χ0) is 22.7. The van der Waals surface area contributed by atoms with Gasteiger partial charge in [0.1, 0.15) is 5.82 Å². The maximum atomic E-state index is 13.1. The number of hydrogen-bond acceptors (Lipinski definition) is 5. The van der Waals surface area contributed by atoms with Crippen molar-refractivity contribution in [1.82, 2.24) is 15.6 Å². The molecule has 0 fully saturated rings. The molecule has 0 spiro atoms. The van der Waals surface area contributed by atoms with E-state index in [-0.39, 0.29) is 18.1 Å². The summed E-state index contributed by atoms with van der Waals surface area (Å²) in [6.45, 7) is 0.221. The molecule has 0 radical (unpaired) electrons. The number of rotatable bonds is 5. The molecule has 0 atom stereocenters. The second kappa shape index (κ2) is 8.68. The first-order chi connectivity index (χ1) is 15.4. The van der Waals surface area contributed by atoms with Crippen LogP contribution in [0, 0.1) is 5.82 Å². The lowest BCUT2D eigenvalue weighted by molar-refractivity contribution is -0.116. The number of halogens is 1. The first-order valence-electron chi connectivity index (χ1n) is 9.62. The van der Waals surface area contributed by atoms with Crippen LogP contribution in [0.2, 0.25) is 0 Å². The van der Waals surface area contributed by atoms with E-state index >= 15 is 0 Å². The number of nitrogen functional groups attached to an aromatic ring is 1. The van der Waals surface area contributed by atoms with E-state index in [2.05, 4.69) is 20.9 Å². The maximum Gasteiger partial charge on any atom is 0.257 e. The number of amides is 3. The van der Waals surface area contributed by atoms with Crippen LogP contribution < -0.4 is 21.7 Å². The van der Waals surface area contributed by atoms with Crippen molar-refractivity contribution in [3.63, 3.8) is 0 Å². The molecule has 160 valence electrons. The number of hydrogen-bond donors (Lipinski definition) is 4. The average molecular weight is 431 g/mol. The minimum Gasteiger partial charge on any atom is -0.397 e. The van der Waals surface area contributed by atoms with Crippen molar-refractivity contribution in [2.75, 3.05) is 11.1 Å². The van der Waals surface area contributed by atoms with Gasteiger partial charge in [0.25, 0.3) is 11.8 Å². The molecule has 0 saturated carbocycles. The van der Waals surface area contributed by atoms with Gasteiger partial charge in [0.05, 0.1) is 28.3 Å². The maximum absolute atomic E-state index is 13.1. The molecule has 5 N–H and O–H groups in total. The molecule has 3 amide bonds. The van der Waals surface area contributed by atoms with Crippen LogP contribution >= 0.6 is 0 Å². The second-order valence-corrected chi connectivity index (χ2v) is 7.01. The van der Waals surface area contributed by atoms with Crippen LogP contribution in [0.1, 0.15) is 32.0 Å². The van der Waals surface area contributed by atoms with E-state index in [0.29, 0.717) is 28.2 Å². The van der Waals surface area contributed by atoms with E-state index in [1.807, 2.05) is 0 Å². The Balaban J connectivity index is 1.35. The van der Waals surface area contributed by atoms with Crippen molar-refractivity contribution in [3.8, 4) is 0 Å². The summed E-state index contributed by atoms with van der Waals surface area (Å²) in [7, 11) is 0. The van der Waals surface area contributed by atoms with Gasteiger partial charge in [0.2, 0.25) is 5.91 Å². The van der Waals surface area contributed by atoms with E-state index in [9.17, 15) is 18.8 Å². The number of benzene rings is 2. The van der Waals surface area contributed by atoms with Crippen LogP contribution in [0.4, 0.5) is 15.8 Å². The van der Waals surface area contributed by atoms with Gasteiger partial charge in [-0.15, -0.1) is 0 Å². The summed E-state index contributed by atoms with van der Waals surface area (Å²) in [5.74, 6) is -1.58. The van der Waals surface area contributed by atoms with Crippen molar-refractivity contribution in [2.45, 2.75) is 6.54 Å². The number of carbonyl (C=O) groups excluding carboxylic acids is 3. The minimum atomic E-state index is -0.488. The normalized spacial score (nSPS) is 13.4. The van der Waals surface area contributed by atoms with E-state index in [1.54, 1.807) is 42.6 Å². The number of aromatic nitrogens is 1. The van der Waals surface area contributed by atoms with Gasteiger partial charge < -0.3 is 21.7 Å². The summed E-state index contributed by atoms with van der Waals surface area (Å²) >= 11 is 0. The molecule has 4 rings (SSSR count). The number of nitrogens with two attached hydrogens (primary N) is 1. The molecule has 3 aromatic rings. The topological polar surface area (TPSA) is 126 Å². The van der Waals surface area contributed by atoms with Crippen LogP contribution in [0.3, 0.4) is 0 Å². The van der Waals surface area contributed by atoms with Crippen LogP contribution in [0.15, 0.2) is 66.9 Å². The van der Waals surface area contributed by atoms with E-state index in [0.717, 1.165) is 11.6 Å². The predicted molar refractivity (Wildman–Crippen MR) is 117 cm³/mol. The first-order valence-corrected chi connectivity index (χ1v) is 9.62. The Morgan fingerprint density at radius 3 is 2.66 bits per heavy atom. The summed E-state index contributed by atoms with van der Waals surface area (Å²) in [6, 6.07) is 13.6. The highest BCUT2D eigenvalue weighted by Crippen LogP contribution is 2.21. The highest BCUT2D eigenvalue weighted by atomic mass is 19.1. The molecule has 1 aromatic heterocycles. The van der Waals surface area contributed by atoms with Crippen LogP contribution in [-0.4, -0.2) is 22.7 Å². The van der Waals surface area contributed by atoms with Crippen molar-refractivity contribution >= 4 is 34.8 Å². The number of anilines is 2. The molecule has 32 heavy (non-hydrogen) atoms. The number of carbonyl (C=O) groups is 3. The standard InChI is InChI=1S/C23H18FN5O3/c24-15-7-8-18(17(25)10-15)28-22(31)14-5-3-13(4-6-14)12-27-20(30)11-19-21-16(23(32)29-19)2-1-9-26-21/h1-11H,12,25H2,(H,27,30)(H,28,31)(H,29,32)/b19-11-. The fraction of sp³-hybridized carbons (Fsp3) is 0.0435. The fourth-order valence-corrected chi connectivity index (χ4v) is 3.14. The van der Waals surface area contributed by atoms with Gasteiger partial charge in [0, 0.05) is 24.4 Å². The van der Waals surface area contributed by atoms with Crippen LogP contribution in [0.5, 0.6) is 0 Å². The summed E-state index contributed by atoms with van der Waals surface area (Å²) in [4.78, 5) is 40.6. The third-order valence-corrected chi connectivity index (χ3v) is 4.78. The Hall–Kier alpha value is -4.53. The molecule has 0 bridgehead atoms. The highest BCUT2D eigenvalue weighted by Gasteiger charge is 2.25. The summed E-state index contributed by atoms with van der Waals surface area (Å²) < 4.78 is 13.1. The third-order valence-electron chi connectivity index (χ3n) is 4.78. The lowest BCUT2D eigenvalue weighted by atomic mass is 10.1. The molecule has 2 aromatic carbocycles. The molecule has 9 heteroatoms. The Bertz CT molecular complexity index is 1250. The minimum absolute atomic E-state index is 0.128. The van der Waals surface area contributed by atoms with Crippen molar-refractivity contribution in [3.05, 3.63) is 95.1 Å². The van der Waals surface area contributed by atoms with E-state index in [4.69, 9.17) is 5.73 Å². The summed E-state index contributed by atoms with van der Waals surface area (Å²) in [6.07, 6.45) is 2.83. The summed E-state index contributed by atoms with van der Waals surface area (Å²) in [5, 5.41) is 7.97. The van der Waals surface area contributed by atoms with Crippen LogP contribution in [0.25, 0.3) is 5.70 Å². The molecule has 0 saturated heterocycles. The van der Waals surface area contributed by atoms with Crippen LogP contribution in [-0.2, 0) is 11.3 Å². The molecule has 1 aliphatic heterocycles. The second-order valence-electron chi connectivity index (χ2n) is 7.01. The van der Waals surface area contributed by atoms with E-state index < -0.39 is 17.6 Å². The lowest BCUT2D eigenvalue weighted by Crippen LogP contribution is -2.22. The van der Waals surface area contributed by atoms with Gasteiger partial charge in [-0.1, -0.05) is 12.1 Å². The lowest BCUT2D eigenvalue weighted by Gasteiger charge is -2.09. The Morgan fingerprint density at radius 2 is 1.91 bits per heavy atom. The van der Waals surface area contributed by atoms with Gasteiger partial charge in [-0.3, -0.25) is 19.4 Å². The molecule has 8 nitrogen and oxygen atoms in total. The fourth-order valence-electron chi connectivity index (χ4n) is 3.14. The van der Waals surface area contributed by atoms with Gasteiger partial charge >= 0.3 is 0 Å². The van der Waals surface area contributed by atoms with Gasteiger partial charge in [0.15, 0.2) is 0 Å². The third kappa shape index (κ3) is 4.46. The van der Waals surface area contributed by atoms with Crippen molar-refractivity contribution in [1.29, 1.82) is 0 Å². The average Bonchev–Trinajstić information content (AvgIpc) is 3.10. The molecule has 0 aliphatic carbocycles. The number of fused-ring (bicyclic) bond motifs is 1. The zero-order valence-electron chi connectivity index (χ0n) is 16.7. The molecular weight excluding hydrogens is 413 g/mol.